The normalized spacial score (nSPS) is 11.7. The fourth-order valence-electron chi connectivity index (χ4n) is 13.7. The van der Waals surface area contributed by atoms with Crippen molar-refractivity contribution < 1.29 is 9.53 Å². The summed E-state index contributed by atoms with van der Waals surface area (Å²) in [5.74, 6) is 2.08. The van der Waals surface area contributed by atoms with Gasteiger partial charge in [0.05, 0.1) is 5.69 Å². The van der Waals surface area contributed by atoms with Crippen LogP contribution in [-0.2, 0) is 48.4 Å². The highest BCUT2D eigenvalue weighted by Crippen LogP contribution is 2.46. The van der Waals surface area contributed by atoms with Gasteiger partial charge >= 0.3 is 5.97 Å². The van der Waals surface area contributed by atoms with Crippen LogP contribution in [0.4, 0.5) is 0 Å². The second-order valence-electron chi connectivity index (χ2n) is 24.3. The SMILES string of the molecule is CCCCc1nc(Cl)c(COC(=O)c2c(Cl)nc(CCCC)n2Cc2ccc(-c3ccccc3-c3nnnn3C(c3ccccc3)(c3ccccc3)c3ccccc3)cc2)n1Cc1ccc(-c2ccccc2-c2nnnn2C(c2ccccc2)(c2ccccc2)c2ccccc2)cc1. The van der Waals surface area contributed by atoms with Crippen molar-refractivity contribution >= 4 is 29.2 Å². The van der Waals surface area contributed by atoms with Gasteiger partial charge in [0.2, 0.25) is 0 Å². The Kier molecular flexibility index (Phi) is 19.0. The number of tetrazole rings is 2. The molecule has 0 radical (unpaired) electrons. The fourth-order valence-corrected chi connectivity index (χ4v) is 14.2. The quantitative estimate of drug-likeness (QED) is 0.0400. The minimum atomic E-state index is -0.939. The number of aromatic nitrogens is 12. The molecule has 14 aromatic rings. The number of carbonyl (C=O) groups is 1. The summed E-state index contributed by atoms with van der Waals surface area (Å²) in [5.41, 5.74) is 12.4. The lowest BCUT2D eigenvalue weighted by Crippen LogP contribution is -2.39. The van der Waals surface area contributed by atoms with Crippen LogP contribution < -0.4 is 0 Å². The zero-order valence-corrected chi connectivity index (χ0v) is 55.9. The summed E-state index contributed by atoms with van der Waals surface area (Å²) < 4.78 is 14.2. The maximum absolute atomic E-state index is 14.8. The second-order valence-corrected chi connectivity index (χ2v) is 25.0. The van der Waals surface area contributed by atoms with Gasteiger partial charge in [-0.2, -0.15) is 0 Å². The summed E-state index contributed by atoms with van der Waals surface area (Å²) in [6.07, 6.45) is 4.91. The van der Waals surface area contributed by atoms with Crippen molar-refractivity contribution in [2.24, 2.45) is 0 Å². The van der Waals surface area contributed by atoms with Gasteiger partial charge in [-0.05, 0) is 100 Å². The van der Waals surface area contributed by atoms with Gasteiger partial charge in [-0.1, -0.05) is 329 Å². The van der Waals surface area contributed by atoms with Gasteiger partial charge in [-0.15, -0.1) is 10.2 Å². The van der Waals surface area contributed by atoms with Gasteiger partial charge in [0.1, 0.15) is 29.3 Å². The van der Waals surface area contributed by atoms with Crippen molar-refractivity contribution in [1.82, 2.24) is 59.5 Å². The molecule has 16 heteroatoms. The van der Waals surface area contributed by atoms with Gasteiger partial charge in [-0.25, -0.2) is 24.1 Å². The van der Waals surface area contributed by atoms with Gasteiger partial charge in [0.25, 0.3) is 0 Å². The van der Waals surface area contributed by atoms with E-state index < -0.39 is 17.0 Å². The number of carbonyl (C=O) groups excluding carboxylic acids is 1. The summed E-state index contributed by atoms with van der Waals surface area (Å²) in [5, 5.41) is 28.4. The zero-order valence-electron chi connectivity index (χ0n) is 54.4. The van der Waals surface area contributed by atoms with Crippen molar-refractivity contribution in [2.45, 2.75) is 83.1 Å². The Morgan fingerprint density at radius 1 is 0.398 bits per heavy atom. The summed E-state index contributed by atoms with van der Waals surface area (Å²) in [6, 6.07) is 95.6. The molecule has 0 aliphatic carbocycles. The van der Waals surface area contributed by atoms with Crippen molar-refractivity contribution in [3.05, 3.63) is 357 Å². The van der Waals surface area contributed by atoms with Crippen LogP contribution in [0.3, 0.4) is 0 Å². The number of aryl methyl sites for hydroxylation is 2. The van der Waals surface area contributed by atoms with Crippen LogP contribution in [0.1, 0.15) is 112 Å². The molecular weight excluding hydrogens is 1260 g/mol. The Hall–Kier alpha value is -11.2. The molecule has 484 valence electrons. The molecule has 0 bridgehead atoms. The van der Waals surface area contributed by atoms with Crippen LogP contribution in [0, 0.1) is 0 Å². The first-order valence-electron chi connectivity index (χ1n) is 33.2. The Morgan fingerprint density at radius 2 is 0.724 bits per heavy atom. The third-order valence-corrected chi connectivity index (χ3v) is 19.0. The first kappa shape index (κ1) is 64.2. The number of rotatable bonds is 25. The number of imidazole rings is 2. The summed E-state index contributed by atoms with van der Waals surface area (Å²) in [4.78, 5) is 24.4. The molecule has 0 aliphatic heterocycles. The molecule has 0 unspecified atom stereocenters. The lowest BCUT2D eigenvalue weighted by atomic mass is 9.77. The Balaban J connectivity index is 0.737. The molecule has 10 aromatic carbocycles. The number of nitrogens with zero attached hydrogens (tertiary/aromatic N) is 12. The van der Waals surface area contributed by atoms with E-state index in [0.717, 1.165) is 109 Å². The van der Waals surface area contributed by atoms with E-state index in [1.807, 2.05) is 74.6 Å². The van der Waals surface area contributed by atoms with E-state index in [4.69, 9.17) is 58.5 Å². The first-order chi connectivity index (χ1) is 48.3. The largest absolute Gasteiger partial charge is 0.454 e. The molecule has 98 heavy (non-hydrogen) atoms. The minimum Gasteiger partial charge on any atom is -0.454 e. The highest BCUT2D eigenvalue weighted by atomic mass is 35.5. The van der Waals surface area contributed by atoms with Crippen LogP contribution in [0.25, 0.3) is 45.0 Å². The number of halogens is 2. The van der Waals surface area contributed by atoms with E-state index in [2.05, 4.69) is 247 Å². The van der Waals surface area contributed by atoms with Crippen molar-refractivity contribution in [3.63, 3.8) is 0 Å². The molecule has 0 atom stereocenters. The van der Waals surface area contributed by atoms with Crippen LogP contribution >= 0.6 is 23.2 Å². The topological polar surface area (TPSA) is 149 Å². The van der Waals surface area contributed by atoms with E-state index in [0.29, 0.717) is 49.1 Å². The molecule has 4 heterocycles. The number of esters is 1. The van der Waals surface area contributed by atoms with Gasteiger partial charge < -0.3 is 13.9 Å². The van der Waals surface area contributed by atoms with Crippen molar-refractivity contribution in [3.8, 4) is 45.0 Å². The molecule has 0 fully saturated rings. The van der Waals surface area contributed by atoms with Crippen molar-refractivity contribution in [1.29, 1.82) is 0 Å². The summed E-state index contributed by atoms with van der Waals surface area (Å²) in [7, 11) is 0. The molecule has 0 spiro atoms. The maximum atomic E-state index is 14.8. The van der Waals surface area contributed by atoms with Crippen LogP contribution in [-0.4, -0.2) is 65.5 Å². The molecule has 0 aliphatic rings. The first-order valence-corrected chi connectivity index (χ1v) is 34.0. The number of hydrogen-bond donors (Lipinski definition) is 0. The van der Waals surface area contributed by atoms with E-state index >= 15 is 0 Å². The highest BCUT2D eigenvalue weighted by Gasteiger charge is 2.44. The molecule has 0 amide bonds. The lowest BCUT2D eigenvalue weighted by Gasteiger charge is -2.36. The van der Waals surface area contributed by atoms with E-state index in [9.17, 15) is 4.79 Å². The van der Waals surface area contributed by atoms with Gasteiger partial charge in [0, 0.05) is 37.1 Å². The van der Waals surface area contributed by atoms with Crippen molar-refractivity contribution in [2.75, 3.05) is 0 Å². The number of unbranched alkanes of at least 4 members (excludes halogenated alkanes) is 2. The molecule has 0 saturated heterocycles. The molecule has 0 saturated carbocycles. The lowest BCUT2D eigenvalue weighted by molar-refractivity contribution is 0.0451. The Morgan fingerprint density at radius 3 is 1.09 bits per heavy atom. The Labute approximate surface area is 579 Å². The zero-order chi connectivity index (χ0) is 66.8. The highest BCUT2D eigenvalue weighted by molar-refractivity contribution is 6.32. The third-order valence-electron chi connectivity index (χ3n) is 18.4. The monoisotopic (exact) mass is 1320 g/mol. The van der Waals surface area contributed by atoms with E-state index in [1.165, 1.54) is 0 Å². The third kappa shape index (κ3) is 12.3. The molecular formula is C82H70Cl2N12O2. The van der Waals surface area contributed by atoms with E-state index in [-0.39, 0.29) is 22.6 Å². The molecule has 14 nitrogen and oxygen atoms in total. The van der Waals surface area contributed by atoms with E-state index in [1.54, 1.807) is 0 Å². The average molecular weight is 1330 g/mol. The Bertz CT molecular complexity index is 4790. The predicted octanol–water partition coefficient (Wildman–Crippen LogP) is 17.8. The average Bonchev–Trinajstić information content (AvgIpc) is 1.19. The molecule has 0 N–H and O–H groups in total. The van der Waals surface area contributed by atoms with Crippen LogP contribution in [0.5, 0.6) is 0 Å². The minimum absolute atomic E-state index is 0.0752. The van der Waals surface area contributed by atoms with Crippen LogP contribution in [0.2, 0.25) is 10.3 Å². The predicted molar refractivity (Wildman–Crippen MR) is 386 cm³/mol. The standard InChI is InChI=1S/C82H70Cl2N12O2/c1-3-5-45-73-85-76(83)72(93(73)55-58-47-51-60(52-48-58)68-41-25-27-43-70(68)78-87-89-91-95(78)81(62-29-13-7-14-30-62,63-31-15-8-16-32-63)64-33-17-9-18-34-64)57-98-80(97)75-77(84)86-74(46-6-4-2)94(75)56-59-49-53-61(54-50-59)69-42-26-28-44-71(69)79-88-90-92-96(79)82(65-35-19-10-20-36-65,66-37-21-11-22-38-66)67-39-23-12-24-40-67/h7-44,47-54H,3-6,45-46,55-57H2,1-2H3. The molecule has 14 rings (SSSR count). The van der Waals surface area contributed by atoms with Gasteiger partial charge in [-0.3, -0.25) is 0 Å². The molecule has 4 aromatic heterocycles. The van der Waals surface area contributed by atoms with Gasteiger partial charge in [0.15, 0.2) is 27.6 Å². The summed E-state index contributed by atoms with van der Waals surface area (Å²) in [6.45, 7) is 4.86. The number of hydrogen-bond acceptors (Lipinski definition) is 10. The number of benzene rings is 10. The second kappa shape index (κ2) is 29.0. The maximum Gasteiger partial charge on any atom is 0.358 e. The fraction of sp³-hybridized carbons (Fsp3) is 0.159. The number of ether oxygens (including phenoxy) is 1. The smallest absolute Gasteiger partial charge is 0.358 e. The summed E-state index contributed by atoms with van der Waals surface area (Å²) >= 11 is 14.1. The van der Waals surface area contributed by atoms with Crippen LogP contribution in [0.15, 0.2) is 279 Å².